The molecule has 1 heterocycles. The number of likely N-dealkylation sites (N-methyl/N-ethyl adjacent to an activating group) is 1. The van der Waals surface area contributed by atoms with Gasteiger partial charge in [0, 0.05) is 6.54 Å². The van der Waals surface area contributed by atoms with Crippen LogP contribution in [0.1, 0.15) is 5.56 Å². The molecule has 3 nitrogen and oxygen atoms in total. The highest BCUT2D eigenvalue weighted by Gasteiger charge is 2.00. The summed E-state index contributed by atoms with van der Waals surface area (Å²) in [5, 5.41) is 7.61. The first-order valence-electron chi connectivity index (χ1n) is 3.86. The van der Waals surface area contributed by atoms with Crippen molar-refractivity contribution in [1.29, 1.82) is 0 Å². The third kappa shape index (κ3) is 4.95. The minimum absolute atomic E-state index is 0. The molecule has 0 radical (unpaired) electrons. The predicted molar refractivity (Wildman–Crippen MR) is 65.0 cm³/mol. The van der Waals surface area contributed by atoms with Gasteiger partial charge in [0.1, 0.15) is 0 Å². The van der Waals surface area contributed by atoms with Crippen LogP contribution in [0.15, 0.2) is 15.2 Å². The zero-order valence-corrected chi connectivity index (χ0v) is 10.9. The van der Waals surface area contributed by atoms with Gasteiger partial charge in [0.15, 0.2) is 0 Å². The standard InChI is InChI=1S/C8H11BrN2OS.ClH/c1-10-4-8(12)11-3-6-2-7(9)13-5-6;/h2,5,10H,3-4H2,1H3,(H,11,12);1H. The summed E-state index contributed by atoms with van der Waals surface area (Å²) in [6.45, 7) is 0.966. The molecule has 1 aromatic rings. The highest BCUT2D eigenvalue weighted by Crippen LogP contribution is 2.20. The van der Waals surface area contributed by atoms with Crippen molar-refractivity contribution in [3.05, 3.63) is 20.8 Å². The third-order valence-electron chi connectivity index (χ3n) is 1.45. The highest BCUT2D eigenvalue weighted by atomic mass is 79.9. The van der Waals surface area contributed by atoms with Gasteiger partial charge in [-0.25, -0.2) is 0 Å². The highest BCUT2D eigenvalue weighted by molar-refractivity contribution is 9.11. The van der Waals surface area contributed by atoms with Gasteiger partial charge in [-0.1, -0.05) is 0 Å². The molecule has 1 rings (SSSR count). The molecule has 0 saturated heterocycles. The van der Waals surface area contributed by atoms with E-state index in [1.165, 1.54) is 0 Å². The summed E-state index contributed by atoms with van der Waals surface area (Å²) in [5.74, 6) is 0.0184. The summed E-state index contributed by atoms with van der Waals surface area (Å²) in [7, 11) is 1.75. The van der Waals surface area contributed by atoms with E-state index in [4.69, 9.17) is 0 Å². The Morgan fingerprint density at radius 3 is 2.86 bits per heavy atom. The summed E-state index contributed by atoms with van der Waals surface area (Å²) in [6.07, 6.45) is 0. The lowest BCUT2D eigenvalue weighted by Crippen LogP contribution is -2.31. The van der Waals surface area contributed by atoms with Gasteiger partial charge in [0.2, 0.25) is 5.91 Å². The van der Waals surface area contributed by atoms with Gasteiger partial charge < -0.3 is 10.6 Å². The molecule has 0 aliphatic heterocycles. The molecular weight excluding hydrogens is 288 g/mol. The number of nitrogens with one attached hydrogen (secondary N) is 2. The number of halogens is 2. The van der Waals surface area contributed by atoms with Crippen LogP contribution in [0.3, 0.4) is 0 Å². The molecule has 0 aliphatic carbocycles. The number of amides is 1. The van der Waals surface area contributed by atoms with Crippen molar-refractivity contribution in [1.82, 2.24) is 10.6 Å². The second kappa shape index (κ2) is 7.23. The fourth-order valence-corrected chi connectivity index (χ4v) is 2.07. The molecule has 1 aromatic heterocycles. The first-order valence-corrected chi connectivity index (χ1v) is 5.54. The summed E-state index contributed by atoms with van der Waals surface area (Å²) < 4.78 is 1.09. The minimum Gasteiger partial charge on any atom is -0.351 e. The van der Waals surface area contributed by atoms with E-state index in [0.717, 1.165) is 9.35 Å². The average molecular weight is 300 g/mol. The Labute approximate surface area is 102 Å². The summed E-state index contributed by atoms with van der Waals surface area (Å²) in [5.41, 5.74) is 1.13. The van der Waals surface area contributed by atoms with E-state index in [1.807, 2.05) is 11.4 Å². The van der Waals surface area contributed by atoms with Gasteiger partial charge in [-0.05, 0) is 40.0 Å². The van der Waals surface area contributed by atoms with Gasteiger partial charge in [-0.2, -0.15) is 0 Å². The van der Waals surface area contributed by atoms with Crippen molar-refractivity contribution < 1.29 is 4.79 Å². The Morgan fingerprint density at radius 2 is 2.36 bits per heavy atom. The minimum atomic E-state index is 0. The van der Waals surface area contributed by atoms with Crippen LogP contribution in [0, 0.1) is 0 Å². The second-order valence-corrected chi connectivity index (χ2v) is 4.86. The number of thiophene rings is 1. The lowest BCUT2D eigenvalue weighted by molar-refractivity contribution is -0.120. The Kier molecular flexibility index (Phi) is 7.17. The van der Waals surface area contributed by atoms with E-state index in [-0.39, 0.29) is 18.3 Å². The molecule has 0 aromatic carbocycles. The number of carbonyl (C=O) groups excluding carboxylic acids is 1. The zero-order chi connectivity index (χ0) is 9.68. The van der Waals surface area contributed by atoms with E-state index in [0.29, 0.717) is 13.1 Å². The Hall–Kier alpha value is -0.100. The smallest absolute Gasteiger partial charge is 0.234 e. The molecule has 14 heavy (non-hydrogen) atoms. The molecule has 0 fully saturated rings. The zero-order valence-electron chi connectivity index (χ0n) is 7.67. The molecule has 80 valence electrons. The molecule has 0 atom stereocenters. The average Bonchev–Trinajstić information content (AvgIpc) is 2.49. The van der Waals surface area contributed by atoms with Gasteiger partial charge in [-0.3, -0.25) is 4.79 Å². The predicted octanol–water partition coefficient (Wildman–Crippen LogP) is 1.77. The quantitative estimate of drug-likeness (QED) is 0.890. The lowest BCUT2D eigenvalue weighted by atomic mass is 10.3. The molecule has 0 saturated carbocycles. The van der Waals surface area contributed by atoms with Crippen LogP contribution in [0.2, 0.25) is 0 Å². The first-order chi connectivity index (χ1) is 6.22. The lowest BCUT2D eigenvalue weighted by Gasteiger charge is -2.01. The summed E-state index contributed by atoms with van der Waals surface area (Å²) in [4.78, 5) is 11.0. The largest absolute Gasteiger partial charge is 0.351 e. The normalized spacial score (nSPS) is 9.29. The van der Waals surface area contributed by atoms with Crippen LogP contribution >= 0.6 is 39.7 Å². The van der Waals surface area contributed by atoms with Crippen LogP contribution in [0.5, 0.6) is 0 Å². The molecule has 0 aliphatic rings. The molecule has 0 unspecified atom stereocenters. The van der Waals surface area contributed by atoms with E-state index in [2.05, 4.69) is 26.6 Å². The molecule has 0 spiro atoms. The topological polar surface area (TPSA) is 41.1 Å². The molecule has 2 N–H and O–H groups in total. The van der Waals surface area contributed by atoms with Crippen LogP contribution in [0.25, 0.3) is 0 Å². The van der Waals surface area contributed by atoms with E-state index < -0.39 is 0 Å². The fraction of sp³-hybridized carbons (Fsp3) is 0.375. The third-order valence-corrected chi connectivity index (χ3v) is 3.00. The maximum Gasteiger partial charge on any atom is 0.234 e. The first kappa shape index (κ1) is 13.9. The molecule has 0 bridgehead atoms. The van der Waals surface area contributed by atoms with Gasteiger partial charge in [0.05, 0.1) is 10.3 Å². The number of carbonyl (C=O) groups is 1. The van der Waals surface area contributed by atoms with Crippen molar-refractivity contribution in [3.63, 3.8) is 0 Å². The van der Waals surface area contributed by atoms with Crippen molar-refractivity contribution in [2.45, 2.75) is 6.54 Å². The Balaban J connectivity index is 0.00000169. The second-order valence-electron chi connectivity index (χ2n) is 2.57. The van der Waals surface area contributed by atoms with Crippen LogP contribution < -0.4 is 10.6 Å². The molecule has 6 heteroatoms. The molecule has 1 amide bonds. The Morgan fingerprint density at radius 1 is 1.64 bits per heavy atom. The maximum absolute atomic E-state index is 11.0. The van der Waals surface area contributed by atoms with Crippen LogP contribution in [-0.4, -0.2) is 19.5 Å². The SMILES string of the molecule is CNCC(=O)NCc1csc(Br)c1.Cl. The number of hydrogen-bond acceptors (Lipinski definition) is 3. The van der Waals surface area contributed by atoms with Crippen LogP contribution in [-0.2, 0) is 11.3 Å². The van der Waals surface area contributed by atoms with Crippen molar-refractivity contribution in [3.8, 4) is 0 Å². The number of rotatable bonds is 4. The van der Waals surface area contributed by atoms with Crippen LogP contribution in [0.4, 0.5) is 0 Å². The van der Waals surface area contributed by atoms with Crippen molar-refractivity contribution in [2.75, 3.05) is 13.6 Å². The summed E-state index contributed by atoms with van der Waals surface area (Å²) in [6, 6.07) is 2.00. The monoisotopic (exact) mass is 298 g/mol. The van der Waals surface area contributed by atoms with Crippen molar-refractivity contribution >= 4 is 45.6 Å². The maximum atomic E-state index is 11.0. The number of hydrogen-bond donors (Lipinski definition) is 2. The van der Waals surface area contributed by atoms with E-state index in [9.17, 15) is 4.79 Å². The Bertz CT molecular complexity index is 293. The van der Waals surface area contributed by atoms with Gasteiger partial charge in [-0.15, -0.1) is 23.7 Å². The van der Waals surface area contributed by atoms with Gasteiger partial charge in [0.25, 0.3) is 0 Å². The van der Waals surface area contributed by atoms with E-state index >= 15 is 0 Å². The van der Waals surface area contributed by atoms with Gasteiger partial charge >= 0.3 is 0 Å². The fourth-order valence-electron chi connectivity index (χ4n) is 0.862. The summed E-state index contributed by atoms with van der Waals surface area (Å²) >= 11 is 4.98. The van der Waals surface area contributed by atoms with E-state index in [1.54, 1.807) is 18.4 Å². The van der Waals surface area contributed by atoms with Crippen molar-refractivity contribution in [2.24, 2.45) is 0 Å². The molecular formula is C8H12BrClN2OS.